The Morgan fingerprint density at radius 3 is 2.58 bits per heavy atom. The highest BCUT2D eigenvalue weighted by atomic mass is 19.4. The van der Waals surface area contributed by atoms with E-state index in [-0.39, 0.29) is 19.0 Å². The van der Waals surface area contributed by atoms with E-state index in [1.807, 2.05) is 12.1 Å². The molecule has 4 rings (SSSR count). The number of hydrogen-bond donors (Lipinski definition) is 1. The summed E-state index contributed by atoms with van der Waals surface area (Å²) in [5, 5.41) is 9.90. The molecule has 0 aliphatic heterocycles. The standard InChI is InChI=1S/C22H17F3N2O4/c1-13-19(31-21(26-13)15-2-5-16(6-3-15)22(23,24)25)12-30-17-7-4-14-8-9-27(11-20(28)29)18(14)10-17/h2-10H,11-12H2,1H3,(H,28,29). The SMILES string of the molecule is Cc1nc(-c2ccc(C(F)(F)F)cc2)oc1COc1ccc2ccn(CC(=O)O)c2c1. The Balaban J connectivity index is 1.51. The number of rotatable bonds is 6. The van der Waals surface area contributed by atoms with Crippen LogP contribution in [-0.2, 0) is 24.1 Å². The maximum Gasteiger partial charge on any atom is 0.416 e. The van der Waals surface area contributed by atoms with Gasteiger partial charge in [0.2, 0.25) is 5.89 Å². The van der Waals surface area contributed by atoms with E-state index in [0.29, 0.717) is 22.8 Å². The number of carbonyl (C=O) groups is 1. The second-order valence-corrected chi connectivity index (χ2v) is 6.95. The van der Waals surface area contributed by atoms with Crippen LogP contribution in [0.25, 0.3) is 22.4 Å². The number of carboxylic acid groups (broad SMARTS) is 1. The molecule has 2 aromatic carbocycles. The number of carboxylic acids is 1. The number of ether oxygens (including phenoxy) is 1. The molecule has 0 unspecified atom stereocenters. The zero-order valence-electron chi connectivity index (χ0n) is 16.3. The lowest BCUT2D eigenvalue weighted by Crippen LogP contribution is -2.07. The van der Waals surface area contributed by atoms with E-state index in [0.717, 1.165) is 23.0 Å². The third-order valence-electron chi connectivity index (χ3n) is 4.77. The number of alkyl halides is 3. The molecule has 6 nitrogen and oxygen atoms in total. The molecular weight excluding hydrogens is 413 g/mol. The molecule has 4 aromatic rings. The van der Waals surface area contributed by atoms with Crippen LogP contribution < -0.4 is 4.74 Å². The van der Waals surface area contributed by atoms with Crippen molar-refractivity contribution in [3.05, 3.63) is 71.7 Å². The molecule has 0 radical (unpaired) electrons. The van der Waals surface area contributed by atoms with Gasteiger partial charge in [-0.15, -0.1) is 0 Å². The van der Waals surface area contributed by atoms with Gasteiger partial charge in [-0.2, -0.15) is 13.2 Å². The zero-order chi connectivity index (χ0) is 22.2. The van der Waals surface area contributed by atoms with Crippen molar-refractivity contribution in [3.63, 3.8) is 0 Å². The molecular formula is C22H17F3N2O4. The van der Waals surface area contributed by atoms with E-state index in [1.54, 1.807) is 29.8 Å². The average molecular weight is 430 g/mol. The summed E-state index contributed by atoms with van der Waals surface area (Å²) in [6.07, 6.45) is -2.71. The lowest BCUT2D eigenvalue weighted by atomic mass is 10.1. The molecule has 9 heteroatoms. The molecule has 2 heterocycles. The maximum atomic E-state index is 12.7. The predicted octanol–water partition coefficient (Wildman–Crippen LogP) is 5.29. The van der Waals surface area contributed by atoms with Crippen molar-refractivity contribution in [1.29, 1.82) is 0 Å². The molecule has 0 aliphatic carbocycles. The molecule has 0 atom stereocenters. The van der Waals surface area contributed by atoms with Gasteiger partial charge in [0.15, 0.2) is 5.76 Å². The van der Waals surface area contributed by atoms with Gasteiger partial charge in [0, 0.05) is 17.8 Å². The summed E-state index contributed by atoms with van der Waals surface area (Å²) in [4.78, 5) is 15.3. The van der Waals surface area contributed by atoms with Gasteiger partial charge in [-0.1, -0.05) is 0 Å². The molecule has 0 bridgehead atoms. The van der Waals surface area contributed by atoms with E-state index in [1.165, 1.54) is 12.1 Å². The molecule has 0 amide bonds. The molecule has 2 aromatic heterocycles. The minimum absolute atomic E-state index is 0.0601. The minimum atomic E-state index is -4.41. The Kier molecular flexibility index (Phi) is 5.18. The topological polar surface area (TPSA) is 77.5 Å². The quantitative estimate of drug-likeness (QED) is 0.450. The second kappa shape index (κ2) is 7.82. The number of aromatic nitrogens is 2. The molecule has 0 aliphatic rings. The largest absolute Gasteiger partial charge is 0.486 e. The molecule has 1 N–H and O–H groups in total. The monoisotopic (exact) mass is 430 g/mol. The van der Waals surface area contributed by atoms with Crippen molar-refractivity contribution in [2.45, 2.75) is 26.3 Å². The number of aliphatic carboxylic acids is 1. The van der Waals surface area contributed by atoms with Crippen molar-refractivity contribution in [2.75, 3.05) is 0 Å². The molecule has 0 saturated carbocycles. The van der Waals surface area contributed by atoms with Gasteiger partial charge in [0.05, 0.1) is 16.8 Å². The summed E-state index contributed by atoms with van der Waals surface area (Å²) in [6, 6.07) is 11.7. The van der Waals surface area contributed by atoms with Gasteiger partial charge in [0.1, 0.15) is 18.9 Å². The summed E-state index contributed by atoms with van der Waals surface area (Å²) in [6.45, 7) is 1.62. The van der Waals surface area contributed by atoms with Crippen LogP contribution in [0.15, 0.2) is 59.1 Å². The Bertz CT molecular complexity index is 1240. The van der Waals surface area contributed by atoms with Crippen LogP contribution in [0.5, 0.6) is 5.75 Å². The normalized spacial score (nSPS) is 11.7. The van der Waals surface area contributed by atoms with E-state index in [2.05, 4.69) is 4.98 Å². The van der Waals surface area contributed by atoms with Gasteiger partial charge in [-0.25, -0.2) is 4.98 Å². The molecule has 0 spiro atoms. The lowest BCUT2D eigenvalue weighted by Gasteiger charge is -2.07. The summed E-state index contributed by atoms with van der Waals surface area (Å²) in [5.41, 5.74) is 0.964. The Hall–Kier alpha value is -3.75. The maximum absolute atomic E-state index is 12.7. The number of benzene rings is 2. The first-order chi connectivity index (χ1) is 14.7. The van der Waals surface area contributed by atoms with Crippen molar-refractivity contribution < 1.29 is 32.2 Å². The van der Waals surface area contributed by atoms with Crippen LogP contribution >= 0.6 is 0 Å². The summed E-state index contributed by atoms with van der Waals surface area (Å²) >= 11 is 0. The highest BCUT2D eigenvalue weighted by Crippen LogP contribution is 2.31. The highest BCUT2D eigenvalue weighted by Gasteiger charge is 2.30. The molecule has 0 saturated heterocycles. The van der Waals surface area contributed by atoms with Crippen LogP contribution in [0.1, 0.15) is 17.0 Å². The number of fused-ring (bicyclic) bond motifs is 1. The van der Waals surface area contributed by atoms with Crippen molar-refractivity contribution in [3.8, 4) is 17.2 Å². The third-order valence-corrected chi connectivity index (χ3v) is 4.77. The first-order valence-corrected chi connectivity index (χ1v) is 9.28. The lowest BCUT2D eigenvalue weighted by molar-refractivity contribution is -0.138. The minimum Gasteiger partial charge on any atom is -0.486 e. The van der Waals surface area contributed by atoms with E-state index in [9.17, 15) is 18.0 Å². The Morgan fingerprint density at radius 1 is 1.16 bits per heavy atom. The molecule has 0 fully saturated rings. The number of hydrogen-bond acceptors (Lipinski definition) is 4. The Morgan fingerprint density at radius 2 is 1.90 bits per heavy atom. The summed E-state index contributed by atoms with van der Waals surface area (Å²) in [7, 11) is 0. The first-order valence-electron chi connectivity index (χ1n) is 9.28. The highest BCUT2D eigenvalue weighted by molar-refractivity contribution is 5.83. The van der Waals surface area contributed by atoms with Gasteiger partial charge in [-0.05, 0) is 54.8 Å². The van der Waals surface area contributed by atoms with Crippen LogP contribution in [0.2, 0.25) is 0 Å². The van der Waals surface area contributed by atoms with Crippen molar-refractivity contribution in [1.82, 2.24) is 9.55 Å². The van der Waals surface area contributed by atoms with E-state index in [4.69, 9.17) is 14.3 Å². The van der Waals surface area contributed by atoms with Crippen molar-refractivity contribution >= 4 is 16.9 Å². The third kappa shape index (κ3) is 4.40. The van der Waals surface area contributed by atoms with Crippen molar-refractivity contribution in [2.24, 2.45) is 0 Å². The van der Waals surface area contributed by atoms with Gasteiger partial charge in [-0.3, -0.25) is 4.79 Å². The van der Waals surface area contributed by atoms with Crippen LogP contribution in [0.3, 0.4) is 0 Å². The number of halogens is 3. The van der Waals surface area contributed by atoms with E-state index < -0.39 is 17.7 Å². The van der Waals surface area contributed by atoms with Gasteiger partial charge < -0.3 is 18.8 Å². The van der Waals surface area contributed by atoms with E-state index >= 15 is 0 Å². The smallest absolute Gasteiger partial charge is 0.416 e. The molecule has 160 valence electrons. The van der Waals surface area contributed by atoms with Crippen LogP contribution in [0.4, 0.5) is 13.2 Å². The predicted molar refractivity (Wildman–Crippen MR) is 106 cm³/mol. The molecule has 31 heavy (non-hydrogen) atoms. The van der Waals surface area contributed by atoms with Gasteiger partial charge >= 0.3 is 12.1 Å². The first kappa shape index (κ1) is 20.5. The second-order valence-electron chi connectivity index (χ2n) is 6.95. The zero-order valence-corrected chi connectivity index (χ0v) is 16.3. The number of aryl methyl sites for hydroxylation is 1. The fourth-order valence-electron chi connectivity index (χ4n) is 3.17. The fraction of sp³-hybridized carbons (Fsp3) is 0.182. The Labute approximate surface area is 174 Å². The summed E-state index contributed by atoms with van der Waals surface area (Å²) in [5.74, 6) is 0.216. The average Bonchev–Trinajstić information content (AvgIpc) is 3.28. The number of oxazole rings is 1. The fourth-order valence-corrected chi connectivity index (χ4v) is 3.17. The van der Waals surface area contributed by atoms with Crippen LogP contribution in [0, 0.1) is 6.92 Å². The van der Waals surface area contributed by atoms with Gasteiger partial charge in [0.25, 0.3) is 0 Å². The van der Waals surface area contributed by atoms with Crippen LogP contribution in [-0.4, -0.2) is 20.6 Å². The number of nitrogens with zero attached hydrogens (tertiary/aromatic N) is 2. The summed E-state index contributed by atoms with van der Waals surface area (Å²) < 4.78 is 51.3.